The van der Waals surface area contributed by atoms with Gasteiger partial charge in [0.1, 0.15) is 11.2 Å². The average molecular weight is 381 g/mol. The summed E-state index contributed by atoms with van der Waals surface area (Å²) in [5.41, 5.74) is 3.24. The molecule has 0 saturated carbocycles. The summed E-state index contributed by atoms with van der Waals surface area (Å²) in [5.74, 6) is 0. The van der Waals surface area contributed by atoms with Crippen molar-refractivity contribution in [1.82, 2.24) is 0 Å². The van der Waals surface area contributed by atoms with Crippen molar-refractivity contribution in [3.05, 3.63) is 53.6 Å². The molecule has 28 heavy (non-hydrogen) atoms. The molecule has 0 heterocycles. The molecule has 0 radical (unpaired) electrons. The van der Waals surface area contributed by atoms with Crippen LogP contribution < -0.4 is 4.90 Å². The third-order valence-electron chi connectivity index (χ3n) is 4.22. The Labute approximate surface area is 166 Å². The van der Waals surface area contributed by atoms with Gasteiger partial charge in [-0.15, -0.1) is 0 Å². The molecule has 0 spiro atoms. The lowest BCUT2D eigenvalue weighted by molar-refractivity contribution is 0.0430. The number of benzene rings is 2. The van der Waals surface area contributed by atoms with Gasteiger partial charge in [-0.2, -0.15) is 4.90 Å². The highest BCUT2D eigenvalue weighted by molar-refractivity contribution is 6.11. The van der Waals surface area contributed by atoms with E-state index in [0.29, 0.717) is 12.1 Å². The number of anilines is 1. The van der Waals surface area contributed by atoms with E-state index in [1.54, 1.807) is 47.6 Å². The van der Waals surface area contributed by atoms with Crippen LogP contribution in [0.15, 0.2) is 42.5 Å². The summed E-state index contributed by atoms with van der Waals surface area (Å²) < 4.78 is 11.0. The van der Waals surface area contributed by atoms with Crippen LogP contribution in [0.3, 0.4) is 0 Å². The molecule has 0 N–H and O–H groups in total. The fourth-order valence-corrected chi connectivity index (χ4v) is 3.24. The maximum Gasteiger partial charge on any atom is 0.424 e. The van der Waals surface area contributed by atoms with Crippen LogP contribution in [0, 0.1) is 0 Å². The molecule has 0 saturated heterocycles. The molecule has 0 fully saturated rings. The Bertz CT molecular complexity index is 891. The van der Waals surface area contributed by atoms with Gasteiger partial charge in [0.25, 0.3) is 0 Å². The smallest absolute Gasteiger partial charge is 0.424 e. The fourth-order valence-electron chi connectivity index (χ4n) is 3.24. The molecule has 0 aliphatic heterocycles. The fraction of sp³-hybridized carbons (Fsp3) is 0.391. The van der Waals surface area contributed by atoms with Crippen molar-refractivity contribution in [3.63, 3.8) is 0 Å². The maximum atomic E-state index is 13.0. The molecule has 5 heteroatoms. The first-order valence-corrected chi connectivity index (χ1v) is 9.42. The van der Waals surface area contributed by atoms with Crippen LogP contribution in [-0.4, -0.2) is 23.4 Å². The van der Waals surface area contributed by atoms with Crippen LogP contribution in [0.5, 0.6) is 0 Å². The summed E-state index contributed by atoms with van der Waals surface area (Å²) in [7, 11) is 0. The molecule has 0 atom stereocenters. The van der Waals surface area contributed by atoms with Crippen molar-refractivity contribution < 1.29 is 19.1 Å². The van der Waals surface area contributed by atoms with Gasteiger partial charge in [-0.1, -0.05) is 36.4 Å². The van der Waals surface area contributed by atoms with Gasteiger partial charge >= 0.3 is 12.2 Å². The first-order valence-electron chi connectivity index (χ1n) is 9.42. The van der Waals surface area contributed by atoms with Crippen molar-refractivity contribution in [2.75, 3.05) is 4.90 Å². The van der Waals surface area contributed by atoms with Crippen LogP contribution in [-0.2, 0) is 15.9 Å². The summed E-state index contributed by atoms with van der Waals surface area (Å²) >= 11 is 0. The monoisotopic (exact) mass is 381 g/mol. The Morgan fingerprint density at radius 1 is 0.786 bits per heavy atom. The number of imide groups is 1. The van der Waals surface area contributed by atoms with E-state index in [9.17, 15) is 9.59 Å². The van der Waals surface area contributed by atoms with Crippen LogP contribution in [0.2, 0.25) is 0 Å². The van der Waals surface area contributed by atoms with Crippen LogP contribution >= 0.6 is 0 Å². The Morgan fingerprint density at radius 3 is 1.89 bits per heavy atom. The molecule has 1 aliphatic rings. The zero-order chi connectivity index (χ0) is 20.7. The van der Waals surface area contributed by atoms with Gasteiger partial charge in [0.15, 0.2) is 0 Å². The van der Waals surface area contributed by atoms with Crippen molar-refractivity contribution >= 4 is 17.9 Å². The molecule has 0 unspecified atom stereocenters. The number of carbonyl (C=O) groups excluding carboxylic acids is 2. The SMILES string of the molecule is CC(C)(C)OC(=O)N(C(=O)OC(C)(C)C)c1cccc2c1Cc1ccccc1-2. The zero-order valence-electron chi connectivity index (χ0n) is 17.3. The molecule has 2 amide bonds. The van der Waals surface area contributed by atoms with Crippen molar-refractivity contribution in [2.45, 2.75) is 59.2 Å². The first-order chi connectivity index (χ1) is 13.0. The Kier molecular flexibility index (Phi) is 4.96. The number of hydrogen-bond acceptors (Lipinski definition) is 4. The number of fused-ring (bicyclic) bond motifs is 3. The molecular weight excluding hydrogens is 354 g/mol. The third kappa shape index (κ3) is 4.19. The van der Waals surface area contributed by atoms with Crippen LogP contribution in [0.1, 0.15) is 52.7 Å². The van der Waals surface area contributed by atoms with Crippen LogP contribution in [0.25, 0.3) is 11.1 Å². The highest BCUT2D eigenvalue weighted by Gasteiger charge is 2.35. The van der Waals surface area contributed by atoms with Crippen molar-refractivity contribution in [3.8, 4) is 11.1 Å². The van der Waals surface area contributed by atoms with Gasteiger partial charge in [0.2, 0.25) is 0 Å². The summed E-state index contributed by atoms with van der Waals surface area (Å²) in [6.45, 7) is 10.6. The lowest BCUT2D eigenvalue weighted by Crippen LogP contribution is -2.44. The average Bonchev–Trinajstić information content (AvgIpc) is 2.91. The topological polar surface area (TPSA) is 55.8 Å². The molecule has 148 valence electrons. The summed E-state index contributed by atoms with van der Waals surface area (Å²) in [4.78, 5) is 26.9. The highest BCUT2D eigenvalue weighted by atomic mass is 16.6. The number of nitrogens with zero attached hydrogens (tertiary/aromatic N) is 1. The van der Waals surface area contributed by atoms with Crippen LogP contribution in [0.4, 0.5) is 15.3 Å². The second-order valence-corrected chi connectivity index (χ2v) is 8.93. The van der Waals surface area contributed by atoms with E-state index < -0.39 is 23.4 Å². The highest BCUT2D eigenvalue weighted by Crippen LogP contribution is 2.41. The minimum atomic E-state index is -0.744. The predicted octanol–water partition coefficient (Wildman–Crippen LogP) is 5.93. The zero-order valence-corrected chi connectivity index (χ0v) is 17.3. The third-order valence-corrected chi connectivity index (χ3v) is 4.22. The van der Waals surface area contributed by atoms with E-state index in [4.69, 9.17) is 9.47 Å². The van der Waals surface area contributed by atoms with Crippen molar-refractivity contribution in [2.24, 2.45) is 0 Å². The lowest BCUT2D eigenvalue weighted by atomic mass is 10.0. The van der Waals surface area contributed by atoms with Gasteiger partial charge in [0, 0.05) is 6.42 Å². The molecule has 0 bridgehead atoms. The summed E-state index contributed by atoms with van der Waals surface area (Å²) in [5, 5.41) is 0. The molecule has 5 nitrogen and oxygen atoms in total. The minimum absolute atomic E-state index is 0.497. The molecule has 1 aliphatic carbocycles. The number of rotatable bonds is 1. The van der Waals surface area contributed by atoms with E-state index in [2.05, 4.69) is 12.1 Å². The van der Waals surface area contributed by atoms with Crippen molar-refractivity contribution in [1.29, 1.82) is 0 Å². The molecule has 2 aromatic carbocycles. The number of ether oxygens (including phenoxy) is 2. The van der Waals surface area contributed by atoms with Gasteiger partial charge in [-0.05, 0) is 69.9 Å². The standard InChI is InChI=1S/C23H27NO4/c1-22(2,3)27-20(25)24(21(26)28-23(4,5)6)19-13-9-12-17-16-11-8-7-10-15(16)14-18(17)19/h7-13H,14H2,1-6H3. The van der Waals surface area contributed by atoms with E-state index in [1.807, 2.05) is 24.3 Å². The summed E-state index contributed by atoms with van der Waals surface area (Å²) in [6.07, 6.45) is -0.846. The largest absolute Gasteiger partial charge is 0.443 e. The maximum absolute atomic E-state index is 13.0. The molecular formula is C23H27NO4. The molecule has 0 aromatic heterocycles. The van der Waals surface area contributed by atoms with E-state index in [-0.39, 0.29) is 0 Å². The quantitative estimate of drug-likeness (QED) is 0.524. The predicted molar refractivity (Wildman–Crippen MR) is 110 cm³/mol. The second-order valence-electron chi connectivity index (χ2n) is 8.93. The first kappa shape index (κ1) is 19.9. The van der Waals surface area contributed by atoms with Gasteiger partial charge < -0.3 is 9.47 Å². The number of hydrogen-bond donors (Lipinski definition) is 0. The number of carbonyl (C=O) groups is 2. The van der Waals surface area contributed by atoms with E-state index in [0.717, 1.165) is 21.6 Å². The minimum Gasteiger partial charge on any atom is -0.443 e. The van der Waals surface area contributed by atoms with Gasteiger partial charge in [-0.25, -0.2) is 9.59 Å². The van der Waals surface area contributed by atoms with E-state index >= 15 is 0 Å². The lowest BCUT2D eigenvalue weighted by Gasteiger charge is -2.29. The molecule has 3 rings (SSSR count). The van der Waals surface area contributed by atoms with Gasteiger partial charge in [0.05, 0.1) is 5.69 Å². The Hall–Kier alpha value is -2.82. The van der Waals surface area contributed by atoms with Gasteiger partial charge in [-0.3, -0.25) is 0 Å². The number of amides is 2. The second kappa shape index (κ2) is 6.97. The summed E-state index contributed by atoms with van der Waals surface area (Å²) in [6, 6.07) is 13.7. The Balaban J connectivity index is 2.07. The van der Waals surface area contributed by atoms with E-state index in [1.165, 1.54) is 5.56 Å². The normalized spacial score (nSPS) is 12.8. The Morgan fingerprint density at radius 2 is 1.32 bits per heavy atom. The molecule has 2 aromatic rings.